The molecule has 0 radical (unpaired) electrons. The Kier molecular flexibility index (Phi) is 3.79. The van der Waals surface area contributed by atoms with Crippen LogP contribution in [0.5, 0.6) is 0 Å². The molecule has 0 bridgehead atoms. The summed E-state index contributed by atoms with van der Waals surface area (Å²) in [5, 5.41) is 0. The molecule has 2 heteroatoms. The van der Waals surface area contributed by atoms with Gasteiger partial charge in [-0.15, -0.1) is 0 Å². The van der Waals surface area contributed by atoms with Crippen LogP contribution < -0.4 is 5.73 Å². The summed E-state index contributed by atoms with van der Waals surface area (Å²) in [7, 11) is 0. The Bertz CT molecular complexity index is 294. The summed E-state index contributed by atoms with van der Waals surface area (Å²) in [5.74, 6) is 0. The third-order valence-corrected chi connectivity index (χ3v) is 2.97. The van der Waals surface area contributed by atoms with Gasteiger partial charge in [0.1, 0.15) is 0 Å². The van der Waals surface area contributed by atoms with Gasteiger partial charge in [0.25, 0.3) is 0 Å². The number of aryl methyl sites for hydroxylation is 2. The fourth-order valence-corrected chi connectivity index (χ4v) is 1.87. The summed E-state index contributed by atoms with van der Waals surface area (Å²) in [6, 6.07) is 4.18. The summed E-state index contributed by atoms with van der Waals surface area (Å²) in [6.07, 6.45) is 3.61. The topological polar surface area (TPSA) is 26.0 Å². The molecular weight excluding hydrogens is 226 g/mol. The van der Waals surface area contributed by atoms with Crippen LogP contribution >= 0.6 is 15.9 Å². The van der Waals surface area contributed by atoms with Crippen LogP contribution in [0.25, 0.3) is 0 Å². The van der Waals surface area contributed by atoms with E-state index < -0.39 is 0 Å². The Morgan fingerprint density at radius 1 is 1.38 bits per heavy atom. The average Bonchev–Trinajstić information content (AvgIpc) is 2.09. The van der Waals surface area contributed by atoms with Gasteiger partial charge >= 0.3 is 0 Å². The minimum atomic E-state index is 0.868. The molecule has 0 amide bonds. The SMILES string of the molecule is CCCCc1cc(C)c(N)cc1Br. The molecule has 0 aliphatic rings. The quantitative estimate of drug-likeness (QED) is 0.804. The number of rotatable bonds is 3. The average molecular weight is 242 g/mol. The lowest BCUT2D eigenvalue weighted by molar-refractivity contribution is 0.792. The van der Waals surface area contributed by atoms with Crippen molar-refractivity contribution in [3.8, 4) is 0 Å². The fraction of sp³-hybridized carbons (Fsp3) is 0.455. The zero-order valence-corrected chi connectivity index (χ0v) is 9.82. The first kappa shape index (κ1) is 10.6. The zero-order chi connectivity index (χ0) is 9.84. The molecule has 1 aromatic rings. The molecule has 0 fully saturated rings. The molecule has 1 nitrogen and oxygen atoms in total. The molecular formula is C11H16BrN. The predicted molar refractivity (Wildman–Crippen MR) is 61.9 cm³/mol. The molecule has 13 heavy (non-hydrogen) atoms. The highest BCUT2D eigenvalue weighted by atomic mass is 79.9. The third-order valence-electron chi connectivity index (χ3n) is 2.23. The van der Waals surface area contributed by atoms with E-state index in [1.807, 2.05) is 6.07 Å². The molecule has 0 saturated carbocycles. The predicted octanol–water partition coefficient (Wildman–Crippen LogP) is 3.68. The largest absolute Gasteiger partial charge is 0.398 e. The van der Waals surface area contributed by atoms with E-state index >= 15 is 0 Å². The fourth-order valence-electron chi connectivity index (χ4n) is 1.32. The van der Waals surface area contributed by atoms with Gasteiger partial charge in [0.2, 0.25) is 0 Å². The first-order valence-electron chi connectivity index (χ1n) is 4.69. The van der Waals surface area contributed by atoms with Gasteiger partial charge in [0.05, 0.1) is 0 Å². The number of anilines is 1. The van der Waals surface area contributed by atoms with Crippen molar-refractivity contribution in [2.24, 2.45) is 0 Å². The molecule has 0 aliphatic carbocycles. The summed E-state index contributed by atoms with van der Waals surface area (Å²) >= 11 is 3.53. The zero-order valence-electron chi connectivity index (χ0n) is 8.23. The van der Waals surface area contributed by atoms with Crippen molar-refractivity contribution in [2.75, 3.05) is 5.73 Å². The van der Waals surface area contributed by atoms with Crippen LogP contribution in [0.4, 0.5) is 5.69 Å². The maximum Gasteiger partial charge on any atom is 0.0355 e. The normalized spacial score (nSPS) is 10.4. The summed E-state index contributed by atoms with van der Waals surface area (Å²) in [4.78, 5) is 0. The van der Waals surface area contributed by atoms with E-state index in [9.17, 15) is 0 Å². The highest BCUT2D eigenvalue weighted by Gasteiger charge is 2.02. The monoisotopic (exact) mass is 241 g/mol. The van der Waals surface area contributed by atoms with E-state index in [2.05, 4.69) is 35.8 Å². The van der Waals surface area contributed by atoms with Crippen molar-refractivity contribution in [3.05, 3.63) is 27.7 Å². The van der Waals surface area contributed by atoms with E-state index in [1.54, 1.807) is 0 Å². The van der Waals surface area contributed by atoms with E-state index in [0.717, 1.165) is 16.6 Å². The van der Waals surface area contributed by atoms with Gasteiger partial charge < -0.3 is 5.73 Å². The van der Waals surface area contributed by atoms with E-state index in [0.29, 0.717) is 0 Å². The molecule has 0 aliphatic heterocycles. The van der Waals surface area contributed by atoms with Crippen LogP contribution in [0.2, 0.25) is 0 Å². The maximum atomic E-state index is 5.79. The van der Waals surface area contributed by atoms with Gasteiger partial charge in [-0.2, -0.15) is 0 Å². The van der Waals surface area contributed by atoms with Crippen LogP contribution in [-0.4, -0.2) is 0 Å². The van der Waals surface area contributed by atoms with Gasteiger partial charge in [-0.3, -0.25) is 0 Å². The molecule has 1 aromatic carbocycles. The summed E-state index contributed by atoms with van der Waals surface area (Å²) < 4.78 is 1.14. The number of nitrogen functional groups attached to an aromatic ring is 1. The number of unbranched alkanes of at least 4 members (excludes halogenated alkanes) is 1. The summed E-state index contributed by atoms with van der Waals surface area (Å²) in [5.41, 5.74) is 9.20. The van der Waals surface area contributed by atoms with E-state index in [-0.39, 0.29) is 0 Å². The second kappa shape index (κ2) is 4.66. The maximum absolute atomic E-state index is 5.79. The molecule has 1 rings (SSSR count). The Morgan fingerprint density at radius 2 is 2.08 bits per heavy atom. The first-order valence-corrected chi connectivity index (χ1v) is 5.49. The van der Waals surface area contributed by atoms with Crippen molar-refractivity contribution in [2.45, 2.75) is 33.1 Å². The van der Waals surface area contributed by atoms with Crippen LogP contribution in [0.1, 0.15) is 30.9 Å². The van der Waals surface area contributed by atoms with Crippen LogP contribution in [0.3, 0.4) is 0 Å². The lowest BCUT2D eigenvalue weighted by Crippen LogP contribution is -1.94. The van der Waals surface area contributed by atoms with Crippen LogP contribution in [-0.2, 0) is 6.42 Å². The molecule has 0 atom stereocenters. The Morgan fingerprint density at radius 3 is 2.69 bits per heavy atom. The van der Waals surface area contributed by atoms with Crippen molar-refractivity contribution in [3.63, 3.8) is 0 Å². The van der Waals surface area contributed by atoms with Gasteiger partial charge in [-0.1, -0.05) is 35.3 Å². The number of halogens is 1. The van der Waals surface area contributed by atoms with Gasteiger partial charge in [-0.05, 0) is 37.0 Å². The minimum Gasteiger partial charge on any atom is -0.398 e. The molecule has 0 aromatic heterocycles. The lowest BCUT2D eigenvalue weighted by Gasteiger charge is -2.07. The Hall–Kier alpha value is -0.500. The van der Waals surface area contributed by atoms with Crippen molar-refractivity contribution in [1.29, 1.82) is 0 Å². The summed E-state index contributed by atoms with van der Waals surface area (Å²) in [6.45, 7) is 4.26. The molecule has 0 heterocycles. The standard InChI is InChI=1S/C11H16BrN/c1-3-4-5-9-6-8(2)11(13)7-10(9)12/h6-7H,3-5,13H2,1-2H3. The van der Waals surface area contributed by atoms with Gasteiger partial charge in [0, 0.05) is 10.2 Å². The number of nitrogens with two attached hydrogens (primary N) is 1. The molecule has 2 N–H and O–H groups in total. The van der Waals surface area contributed by atoms with Crippen molar-refractivity contribution >= 4 is 21.6 Å². The molecule has 0 unspecified atom stereocenters. The smallest absolute Gasteiger partial charge is 0.0355 e. The molecule has 0 spiro atoms. The molecule has 72 valence electrons. The number of hydrogen-bond acceptors (Lipinski definition) is 1. The highest BCUT2D eigenvalue weighted by Crippen LogP contribution is 2.24. The Balaban J connectivity index is 2.88. The number of hydrogen-bond donors (Lipinski definition) is 1. The van der Waals surface area contributed by atoms with Crippen molar-refractivity contribution < 1.29 is 0 Å². The molecule has 0 saturated heterocycles. The first-order chi connectivity index (χ1) is 6.15. The van der Waals surface area contributed by atoms with Crippen LogP contribution in [0.15, 0.2) is 16.6 Å². The number of benzene rings is 1. The van der Waals surface area contributed by atoms with Crippen molar-refractivity contribution in [1.82, 2.24) is 0 Å². The second-order valence-electron chi connectivity index (χ2n) is 3.40. The third kappa shape index (κ3) is 2.73. The highest BCUT2D eigenvalue weighted by molar-refractivity contribution is 9.10. The van der Waals surface area contributed by atoms with Gasteiger partial charge in [0.15, 0.2) is 0 Å². The van der Waals surface area contributed by atoms with Gasteiger partial charge in [-0.25, -0.2) is 0 Å². The Labute approximate surface area is 88.5 Å². The van der Waals surface area contributed by atoms with Crippen LogP contribution in [0, 0.1) is 6.92 Å². The lowest BCUT2D eigenvalue weighted by atomic mass is 10.1. The minimum absolute atomic E-state index is 0.868. The van der Waals surface area contributed by atoms with E-state index in [1.165, 1.54) is 24.0 Å². The second-order valence-corrected chi connectivity index (χ2v) is 4.26. The van der Waals surface area contributed by atoms with E-state index in [4.69, 9.17) is 5.73 Å².